The van der Waals surface area contributed by atoms with Crippen LogP contribution in [0.25, 0.3) is 65.0 Å². The number of ether oxygens (including phenoxy) is 2. The van der Waals surface area contributed by atoms with Gasteiger partial charge in [-0.1, -0.05) is 194 Å². The molecule has 0 spiro atoms. The van der Waals surface area contributed by atoms with Crippen LogP contribution >= 0.6 is 0 Å². The molecular weight excluding hydrogens is 1320 g/mol. The molecule has 0 aromatic heterocycles. The minimum atomic E-state index is -1.74. The molecule has 0 saturated carbocycles. The van der Waals surface area contributed by atoms with E-state index >= 15 is 0 Å². The monoisotopic (exact) mass is 1430 g/mol. The van der Waals surface area contributed by atoms with Crippen molar-refractivity contribution in [3.63, 3.8) is 0 Å². The van der Waals surface area contributed by atoms with Crippen molar-refractivity contribution in [2.75, 3.05) is 6.61 Å². The molecule has 0 aliphatic heterocycles. The zero-order valence-corrected chi connectivity index (χ0v) is 66.1. The molecule has 556 valence electrons. The van der Waals surface area contributed by atoms with E-state index in [-0.39, 0.29) is 6.61 Å². The molecule has 4 heteroatoms. The third-order valence-corrected chi connectivity index (χ3v) is 23.3. The van der Waals surface area contributed by atoms with Gasteiger partial charge < -0.3 is 9.47 Å². The molecule has 0 radical (unpaired) electrons. The van der Waals surface area contributed by atoms with Crippen molar-refractivity contribution in [1.29, 1.82) is 0 Å². The van der Waals surface area contributed by atoms with E-state index in [0.717, 1.165) is 59.2 Å². The Bertz CT molecular complexity index is 5070. The topological polar surface area (TPSA) is 18.5 Å². The smallest absolute Gasteiger partial charge is 0.269 e. The van der Waals surface area contributed by atoms with Crippen LogP contribution < -0.4 is 4.74 Å². The zero-order chi connectivity index (χ0) is 75.6. The van der Waals surface area contributed by atoms with Crippen molar-refractivity contribution in [2.45, 2.75) is 216 Å². The first-order valence-electron chi connectivity index (χ1n) is 40.4. The first-order chi connectivity index (χ1) is 52.5. The van der Waals surface area contributed by atoms with Crippen LogP contribution in [-0.4, -0.2) is 6.61 Å². The van der Waals surface area contributed by atoms with E-state index in [2.05, 4.69) is 207 Å². The van der Waals surface area contributed by atoms with E-state index in [4.69, 9.17) is 9.47 Å². The third kappa shape index (κ3) is 19.4. The van der Waals surface area contributed by atoms with Crippen molar-refractivity contribution >= 4 is 53.9 Å². The Balaban J connectivity index is 0.000000136. The summed E-state index contributed by atoms with van der Waals surface area (Å²) in [7, 11) is 0. The maximum Gasteiger partial charge on any atom is 0.269 e. The molecule has 3 aliphatic rings. The minimum absolute atomic E-state index is 0.159. The van der Waals surface area contributed by atoms with Gasteiger partial charge in [0.25, 0.3) is 6.08 Å². The highest BCUT2D eigenvalue weighted by atomic mass is 19.3. The SMILES string of the molecule is C=CCCCCc1c(CCCCC=C)c2cc(C)ccc2c2ccc(C)cc12.C=COCc1cc(C)cc2c(OCC=C(F)F)cc(C)cc12.Cc1c2ccccc2c(C)c2cc(-c3ccc4c(c3)CC4)ccc12.Cc1cc(CCCCCc2ccc3c(c2)CC3)c(C)cc1CCCCCc1ccc2c(c1)CC2. The quantitative estimate of drug-likeness (QED) is 0.0153. The Morgan fingerprint density at radius 2 is 0.796 bits per heavy atom. The molecule has 0 saturated heterocycles. The van der Waals surface area contributed by atoms with E-state index < -0.39 is 6.08 Å². The summed E-state index contributed by atoms with van der Waals surface area (Å²) in [6, 6.07) is 63.9. The summed E-state index contributed by atoms with van der Waals surface area (Å²) in [5.74, 6) is 0.594. The van der Waals surface area contributed by atoms with Crippen LogP contribution in [0.2, 0.25) is 0 Å². The highest BCUT2D eigenvalue weighted by Crippen LogP contribution is 2.40. The summed E-state index contributed by atoms with van der Waals surface area (Å²) < 4.78 is 35.1. The maximum absolute atomic E-state index is 12.2. The van der Waals surface area contributed by atoms with Gasteiger partial charge in [0, 0.05) is 11.5 Å². The van der Waals surface area contributed by atoms with Crippen LogP contribution in [0.5, 0.6) is 5.75 Å². The number of aryl methyl sites for hydroxylation is 20. The van der Waals surface area contributed by atoms with Crippen molar-refractivity contribution in [1.82, 2.24) is 0 Å². The Kier molecular flexibility index (Phi) is 27.0. The largest absolute Gasteiger partial charge is 0.497 e. The van der Waals surface area contributed by atoms with Gasteiger partial charge in [0.15, 0.2) is 0 Å². The Morgan fingerprint density at radius 3 is 1.30 bits per heavy atom. The lowest BCUT2D eigenvalue weighted by atomic mass is 9.85. The summed E-state index contributed by atoms with van der Waals surface area (Å²) in [6.07, 6.45) is 34.5. The number of hydrogen-bond acceptors (Lipinski definition) is 2. The van der Waals surface area contributed by atoms with E-state index in [9.17, 15) is 8.78 Å². The van der Waals surface area contributed by atoms with Gasteiger partial charge in [-0.05, 0) is 380 Å². The average molecular weight is 1430 g/mol. The van der Waals surface area contributed by atoms with Gasteiger partial charge in [0.05, 0.1) is 6.26 Å². The summed E-state index contributed by atoms with van der Waals surface area (Å²) in [5, 5.41) is 13.1. The lowest BCUT2D eigenvalue weighted by Crippen LogP contribution is -2.08. The normalized spacial score (nSPS) is 12.2. The highest BCUT2D eigenvalue weighted by Gasteiger charge is 2.20. The molecule has 3 aliphatic carbocycles. The van der Waals surface area contributed by atoms with Crippen LogP contribution in [0, 0.1) is 55.4 Å². The molecule has 2 nitrogen and oxygen atoms in total. The van der Waals surface area contributed by atoms with E-state index in [0.29, 0.717) is 12.4 Å². The fourth-order valence-corrected chi connectivity index (χ4v) is 16.8. The number of unbranched alkanes of at least 4 members (excludes halogenated alkanes) is 8. The van der Waals surface area contributed by atoms with Gasteiger partial charge in [0.2, 0.25) is 0 Å². The van der Waals surface area contributed by atoms with E-state index in [1.54, 1.807) is 55.6 Å². The van der Waals surface area contributed by atoms with Crippen molar-refractivity contribution in [3.05, 3.63) is 337 Å². The fraction of sp³-hybridized carbons (Fsp3) is 0.327. The molecule has 0 bridgehead atoms. The van der Waals surface area contributed by atoms with Gasteiger partial charge in [-0.2, -0.15) is 8.78 Å². The van der Waals surface area contributed by atoms with E-state index in [1.807, 2.05) is 50.3 Å². The van der Waals surface area contributed by atoms with E-state index in [1.165, 1.54) is 233 Å². The molecule has 0 fully saturated rings. The second-order valence-electron chi connectivity index (χ2n) is 31.3. The number of hydrogen-bond donors (Lipinski definition) is 0. The second-order valence-corrected chi connectivity index (χ2v) is 31.3. The predicted octanol–water partition coefficient (Wildman–Crippen LogP) is 28.5. The van der Waals surface area contributed by atoms with Gasteiger partial charge in [-0.15, -0.1) is 13.2 Å². The molecule has 108 heavy (non-hydrogen) atoms. The maximum atomic E-state index is 12.2. The standard InChI is InChI=1S/C34H42.C28H34.C24H20.C18H18F2O2/c1-25-21-32(12-8-4-6-10-28-14-16-30-18-20-34(30)24-28)26(2)22-31(25)11-7-3-5-9-27-13-15-29-17-19-33(29)23-27;1-5-7-9-11-13-23-24(14-12-10-8-6-2)28-20-22(4)16-18-26(28)25-17-15-21(3)19-27(23)25;1-15-21-5-3-4-6-22(21)16(2)24-14-20(11-12-23(15)24)19-10-8-17-7-9-18(17)13-19;1-4-21-11-14-7-12(2)9-16-15(14)8-13(3)10-17(16)22-6-5-18(19)20/h13-16,21-24H,3-12,17-20H2,1-2H3;5-6,15-20H,1-2,7-14H2,3-4H3;3-6,8,10-14H,7,9H2,1-2H3;4-5,7-10H,1,6,11H2,2-3H3. The Morgan fingerprint density at radius 1 is 0.352 bits per heavy atom. The van der Waals surface area contributed by atoms with Gasteiger partial charge in [-0.3, -0.25) is 0 Å². The predicted molar refractivity (Wildman–Crippen MR) is 461 cm³/mol. The minimum Gasteiger partial charge on any atom is -0.497 e. The molecule has 0 N–H and O–H groups in total. The lowest BCUT2D eigenvalue weighted by molar-refractivity contribution is 0.239. The van der Waals surface area contributed by atoms with Crippen molar-refractivity contribution < 1.29 is 18.3 Å². The van der Waals surface area contributed by atoms with Crippen LogP contribution in [0.3, 0.4) is 0 Å². The Hall–Kier alpha value is -9.64. The second kappa shape index (κ2) is 37.5. The summed E-state index contributed by atoms with van der Waals surface area (Å²) in [6.45, 7) is 29.1. The lowest BCUT2D eigenvalue weighted by Gasteiger charge is -2.20. The molecule has 0 heterocycles. The molecule has 12 aromatic rings. The van der Waals surface area contributed by atoms with Crippen LogP contribution in [0.4, 0.5) is 8.78 Å². The molecule has 0 unspecified atom stereocenters. The molecular formula is C104H114F2O2. The number of rotatable bonds is 29. The number of benzene rings is 12. The van der Waals surface area contributed by atoms with Crippen LogP contribution in [-0.2, 0) is 88.4 Å². The average Bonchev–Trinajstić information content (AvgIpc) is 0.755. The highest BCUT2D eigenvalue weighted by molar-refractivity contribution is 6.11. The van der Waals surface area contributed by atoms with Gasteiger partial charge in [-0.25, -0.2) is 0 Å². The molecule has 0 atom stereocenters. The molecule has 0 amide bonds. The summed E-state index contributed by atoms with van der Waals surface area (Å²) >= 11 is 0. The number of allylic oxidation sites excluding steroid dienone is 2. The van der Waals surface area contributed by atoms with Crippen molar-refractivity contribution in [3.8, 4) is 16.9 Å². The van der Waals surface area contributed by atoms with Gasteiger partial charge >= 0.3 is 0 Å². The summed E-state index contributed by atoms with van der Waals surface area (Å²) in [4.78, 5) is 0. The fourth-order valence-electron chi connectivity index (χ4n) is 16.8. The first-order valence-corrected chi connectivity index (χ1v) is 40.4. The zero-order valence-electron chi connectivity index (χ0n) is 66.1. The summed E-state index contributed by atoms with van der Waals surface area (Å²) in [5.41, 5.74) is 33.0. The first kappa shape index (κ1) is 78.0. The van der Waals surface area contributed by atoms with Crippen LogP contribution in [0.15, 0.2) is 220 Å². The van der Waals surface area contributed by atoms with Crippen molar-refractivity contribution in [2.24, 2.45) is 0 Å². The molecule has 15 rings (SSSR count). The molecule has 12 aromatic carbocycles. The number of fused-ring (bicyclic) bond motifs is 9. The number of halogens is 2. The van der Waals surface area contributed by atoms with Crippen LogP contribution in [0.1, 0.15) is 194 Å². The third-order valence-electron chi connectivity index (χ3n) is 23.3. The van der Waals surface area contributed by atoms with Gasteiger partial charge in [0.1, 0.15) is 19.0 Å². The Labute approximate surface area is 644 Å².